The molecule has 0 saturated heterocycles. The Morgan fingerprint density at radius 3 is 2.95 bits per heavy atom. The molecule has 3 heterocycles. The Morgan fingerprint density at radius 1 is 1.20 bits per heavy atom. The van der Waals surface area contributed by atoms with Crippen molar-refractivity contribution in [3.05, 3.63) is 47.9 Å². The van der Waals surface area contributed by atoms with Gasteiger partial charge in [-0.1, -0.05) is 12.1 Å². The van der Waals surface area contributed by atoms with Crippen LogP contribution in [-0.2, 0) is 0 Å². The lowest BCUT2D eigenvalue weighted by Crippen LogP contribution is -1.81. The molecule has 0 spiro atoms. The Bertz CT molecular complexity index is 939. The Labute approximate surface area is 113 Å². The third-order valence-electron chi connectivity index (χ3n) is 3.15. The molecule has 0 unspecified atom stereocenters. The fourth-order valence-corrected chi connectivity index (χ4v) is 2.20. The smallest absolute Gasteiger partial charge is 0.205 e. The van der Waals surface area contributed by atoms with Gasteiger partial charge in [0.25, 0.3) is 0 Å². The number of pyridine rings is 1. The Kier molecular flexibility index (Phi) is 2.08. The molecule has 94 valence electrons. The molecule has 0 aliphatic heterocycles. The molecule has 20 heavy (non-hydrogen) atoms. The van der Waals surface area contributed by atoms with Crippen molar-refractivity contribution >= 4 is 27.8 Å². The number of nitrogens with one attached hydrogen (secondary N) is 2. The summed E-state index contributed by atoms with van der Waals surface area (Å²) in [5, 5.41) is 7.86. The number of para-hydroxylation sites is 2. The number of nitrogens with zero attached hydrogens (tertiary/aromatic N) is 4. The summed E-state index contributed by atoms with van der Waals surface area (Å²) in [6, 6.07) is 9.57. The summed E-state index contributed by atoms with van der Waals surface area (Å²) < 4.78 is 0. The topological polar surface area (TPSA) is 74.6 Å². The van der Waals surface area contributed by atoms with Crippen LogP contribution >= 0.6 is 0 Å². The van der Waals surface area contributed by atoms with Crippen LogP contribution in [-0.4, -0.2) is 25.1 Å². The summed E-state index contributed by atoms with van der Waals surface area (Å²) >= 11 is 0. The number of H-pyrrole nitrogens is 2. The van der Waals surface area contributed by atoms with E-state index in [1.54, 1.807) is 6.07 Å². The quantitative estimate of drug-likeness (QED) is 0.516. The highest BCUT2D eigenvalue weighted by atomic mass is 15.2. The average Bonchev–Trinajstić information content (AvgIpc) is 3.09. The van der Waals surface area contributed by atoms with E-state index >= 15 is 0 Å². The second-order valence-electron chi connectivity index (χ2n) is 4.38. The van der Waals surface area contributed by atoms with Crippen molar-refractivity contribution in [3.8, 4) is 11.5 Å². The lowest BCUT2D eigenvalue weighted by Gasteiger charge is -1.93. The minimum Gasteiger partial charge on any atom is -0.337 e. The van der Waals surface area contributed by atoms with E-state index in [2.05, 4.69) is 30.0 Å². The summed E-state index contributed by atoms with van der Waals surface area (Å²) in [5.74, 6) is 0.692. The number of hydrogen-bond donors (Lipinski definition) is 2. The van der Waals surface area contributed by atoms with E-state index in [9.17, 15) is 0 Å². The van der Waals surface area contributed by atoms with Crippen LogP contribution in [0.15, 0.2) is 36.5 Å². The van der Waals surface area contributed by atoms with Crippen LogP contribution in [0.25, 0.3) is 38.4 Å². The molecule has 0 fully saturated rings. The van der Waals surface area contributed by atoms with Gasteiger partial charge in [0.2, 0.25) is 5.69 Å². The highest BCUT2D eigenvalue weighted by molar-refractivity contribution is 5.92. The van der Waals surface area contributed by atoms with Gasteiger partial charge in [-0.25, -0.2) is 14.8 Å². The van der Waals surface area contributed by atoms with E-state index in [0.29, 0.717) is 17.2 Å². The highest BCUT2D eigenvalue weighted by Gasteiger charge is 2.12. The Hall–Kier alpha value is -3.20. The lowest BCUT2D eigenvalue weighted by atomic mass is 10.2. The predicted octanol–water partition coefficient (Wildman–Crippen LogP) is 3.05. The predicted molar refractivity (Wildman–Crippen MR) is 75.2 cm³/mol. The first-order chi connectivity index (χ1) is 9.85. The lowest BCUT2D eigenvalue weighted by molar-refractivity contribution is 1.09. The number of imidazole rings is 1. The maximum Gasteiger partial charge on any atom is 0.205 e. The minimum atomic E-state index is 0.483. The van der Waals surface area contributed by atoms with Crippen LogP contribution < -0.4 is 0 Å². The zero-order valence-electron chi connectivity index (χ0n) is 10.3. The number of fused-ring (bicyclic) bond motifs is 2. The SMILES string of the molecule is [C-]#[N+]c1cnc2n[nH]c(-c3nc4ccccc4[nH]3)c2c1. The zero-order chi connectivity index (χ0) is 13.5. The molecule has 0 aliphatic rings. The minimum absolute atomic E-state index is 0.483. The second kappa shape index (κ2) is 3.90. The van der Waals surface area contributed by atoms with Crippen LogP contribution in [0, 0.1) is 6.57 Å². The van der Waals surface area contributed by atoms with Gasteiger partial charge >= 0.3 is 0 Å². The van der Waals surface area contributed by atoms with Gasteiger partial charge in [-0.2, -0.15) is 5.10 Å². The molecule has 6 heteroatoms. The van der Waals surface area contributed by atoms with Gasteiger partial charge in [-0.05, 0) is 18.2 Å². The summed E-state index contributed by atoms with van der Waals surface area (Å²) in [6.07, 6.45) is 1.51. The first-order valence-corrected chi connectivity index (χ1v) is 6.02. The van der Waals surface area contributed by atoms with Gasteiger partial charge in [0, 0.05) is 11.6 Å². The van der Waals surface area contributed by atoms with Crippen LogP contribution in [0.3, 0.4) is 0 Å². The standard InChI is InChI=1S/C14H8N6/c1-15-8-6-9-12(19-20-13(9)16-7-8)14-17-10-4-2-3-5-11(10)18-14/h2-7H,(H,17,18)(H,16,19,20). The van der Waals surface area contributed by atoms with Crippen LogP contribution in [0.2, 0.25) is 0 Å². The van der Waals surface area contributed by atoms with Crippen molar-refractivity contribution in [1.29, 1.82) is 0 Å². The third-order valence-corrected chi connectivity index (χ3v) is 3.15. The Morgan fingerprint density at radius 2 is 2.10 bits per heavy atom. The van der Waals surface area contributed by atoms with Crippen molar-refractivity contribution < 1.29 is 0 Å². The van der Waals surface area contributed by atoms with Crippen LogP contribution in [0.4, 0.5) is 5.69 Å². The summed E-state index contributed by atoms with van der Waals surface area (Å²) in [6.45, 7) is 7.07. The van der Waals surface area contributed by atoms with Crippen LogP contribution in [0.1, 0.15) is 0 Å². The number of hydrogen-bond acceptors (Lipinski definition) is 3. The van der Waals surface area contributed by atoms with Crippen molar-refractivity contribution in [3.63, 3.8) is 0 Å². The van der Waals surface area contributed by atoms with Crippen molar-refractivity contribution in [2.45, 2.75) is 0 Å². The average molecular weight is 260 g/mol. The molecule has 0 amide bonds. The van der Waals surface area contributed by atoms with Gasteiger partial charge in [0.15, 0.2) is 11.5 Å². The maximum atomic E-state index is 7.07. The van der Waals surface area contributed by atoms with Gasteiger partial charge in [0.1, 0.15) is 5.69 Å². The molecule has 1 aromatic carbocycles. The van der Waals surface area contributed by atoms with E-state index in [4.69, 9.17) is 6.57 Å². The zero-order valence-corrected chi connectivity index (χ0v) is 10.3. The fraction of sp³-hybridized carbons (Fsp3) is 0. The van der Waals surface area contributed by atoms with E-state index in [1.807, 2.05) is 24.3 Å². The molecule has 3 aromatic heterocycles. The molecule has 4 aromatic rings. The molecule has 4 rings (SSSR count). The first-order valence-electron chi connectivity index (χ1n) is 6.02. The molecular weight excluding hydrogens is 252 g/mol. The van der Waals surface area contributed by atoms with E-state index in [-0.39, 0.29) is 0 Å². The molecule has 0 aliphatic carbocycles. The first kappa shape index (κ1) is 10.7. The normalized spacial score (nSPS) is 10.9. The van der Waals surface area contributed by atoms with Gasteiger partial charge < -0.3 is 4.98 Å². The molecule has 0 atom stereocenters. The summed E-state index contributed by atoms with van der Waals surface area (Å²) in [5.41, 5.74) is 3.65. The second-order valence-corrected chi connectivity index (χ2v) is 4.38. The van der Waals surface area contributed by atoms with Crippen LogP contribution in [0.5, 0.6) is 0 Å². The monoisotopic (exact) mass is 260 g/mol. The van der Waals surface area contributed by atoms with Gasteiger partial charge in [-0.3, -0.25) is 5.10 Å². The molecular formula is C14H8N6. The third kappa shape index (κ3) is 1.47. The largest absolute Gasteiger partial charge is 0.337 e. The van der Waals surface area contributed by atoms with Crippen molar-refractivity contribution in [2.75, 3.05) is 0 Å². The number of aromatic amines is 2. The van der Waals surface area contributed by atoms with E-state index in [0.717, 1.165) is 22.1 Å². The summed E-state index contributed by atoms with van der Waals surface area (Å²) in [4.78, 5) is 15.3. The number of benzene rings is 1. The van der Waals surface area contributed by atoms with Crippen molar-refractivity contribution in [1.82, 2.24) is 25.1 Å². The summed E-state index contributed by atoms with van der Waals surface area (Å²) in [7, 11) is 0. The van der Waals surface area contributed by atoms with Crippen molar-refractivity contribution in [2.24, 2.45) is 0 Å². The number of aromatic nitrogens is 5. The van der Waals surface area contributed by atoms with E-state index in [1.165, 1.54) is 6.20 Å². The van der Waals surface area contributed by atoms with E-state index < -0.39 is 0 Å². The molecule has 6 nitrogen and oxygen atoms in total. The molecule has 2 N–H and O–H groups in total. The molecule has 0 saturated carbocycles. The Balaban J connectivity index is 1.99. The van der Waals surface area contributed by atoms with Gasteiger partial charge in [0.05, 0.1) is 17.6 Å². The maximum absolute atomic E-state index is 7.07. The number of rotatable bonds is 1. The highest BCUT2D eigenvalue weighted by Crippen LogP contribution is 2.27. The van der Waals surface area contributed by atoms with Gasteiger partial charge in [-0.15, -0.1) is 0 Å². The molecule has 0 radical (unpaired) electrons. The fourth-order valence-electron chi connectivity index (χ4n) is 2.20. The molecule has 0 bridgehead atoms.